The number of benzene rings is 2. The van der Waals surface area contributed by atoms with Crippen LogP contribution < -0.4 is 9.47 Å². The van der Waals surface area contributed by atoms with Crippen LogP contribution in [-0.4, -0.2) is 11.9 Å². The fraction of sp³-hybridized carbons (Fsp3) is 0.448. The van der Waals surface area contributed by atoms with Gasteiger partial charge in [-0.1, -0.05) is 77.9 Å². The second-order valence-electron chi connectivity index (χ2n) is 10.5. The van der Waals surface area contributed by atoms with E-state index in [4.69, 9.17) is 9.47 Å². The SMILES string of the molecule is CC(C)c1ccccc1OC(=O)C1=C(C(=O)Oc2ccccc2C(C)C)C2CCC1C2(C)C. The molecule has 2 atom stereocenters. The lowest BCUT2D eigenvalue weighted by Gasteiger charge is -2.25. The maximum absolute atomic E-state index is 13.5. The second kappa shape index (κ2) is 8.81. The molecule has 0 heterocycles. The molecule has 0 saturated heterocycles. The molecule has 0 radical (unpaired) electrons. The van der Waals surface area contributed by atoms with Crippen LogP contribution in [0.1, 0.15) is 77.3 Å². The number of hydrogen-bond acceptors (Lipinski definition) is 4. The predicted molar refractivity (Wildman–Crippen MR) is 129 cm³/mol. The van der Waals surface area contributed by atoms with Crippen LogP contribution >= 0.6 is 0 Å². The highest BCUT2D eigenvalue weighted by Gasteiger charge is 2.57. The Kier molecular flexibility index (Phi) is 6.22. The third-order valence-electron chi connectivity index (χ3n) is 7.45. The molecule has 0 amide bonds. The van der Waals surface area contributed by atoms with Crippen LogP contribution in [0.4, 0.5) is 0 Å². The first-order valence-corrected chi connectivity index (χ1v) is 12.0. The van der Waals surface area contributed by atoms with E-state index < -0.39 is 11.9 Å². The van der Waals surface area contributed by atoms with Gasteiger partial charge in [0.25, 0.3) is 0 Å². The van der Waals surface area contributed by atoms with E-state index in [1.54, 1.807) is 0 Å². The molecule has 2 aromatic carbocycles. The Morgan fingerprint density at radius 1 is 0.727 bits per heavy atom. The zero-order valence-electron chi connectivity index (χ0n) is 20.5. The summed E-state index contributed by atoms with van der Waals surface area (Å²) in [7, 11) is 0. The van der Waals surface area contributed by atoms with Crippen LogP contribution in [0, 0.1) is 17.3 Å². The third kappa shape index (κ3) is 4.12. The quantitative estimate of drug-likeness (QED) is 0.361. The lowest BCUT2D eigenvalue weighted by Crippen LogP contribution is -2.24. The van der Waals surface area contributed by atoms with Gasteiger partial charge in [0, 0.05) is 0 Å². The van der Waals surface area contributed by atoms with Crippen molar-refractivity contribution >= 4 is 11.9 Å². The topological polar surface area (TPSA) is 52.6 Å². The van der Waals surface area contributed by atoms with Crippen molar-refractivity contribution in [3.05, 3.63) is 70.8 Å². The summed E-state index contributed by atoms with van der Waals surface area (Å²) in [5.74, 6) is 0.688. The summed E-state index contributed by atoms with van der Waals surface area (Å²) in [6.07, 6.45) is 1.76. The molecule has 174 valence electrons. The van der Waals surface area contributed by atoms with Crippen LogP contribution in [-0.2, 0) is 9.59 Å². The van der Waals surface area contributed by atoms with E-state index >= 15 is 0 Å². The van der Waals surface area contributed by atoms with Crippen molar-refractivity contribution in [2.45, 2.75) is 66.2 Å². The third-order valence-corrected chi connectivity index (χ3v) is 7.45. The summed E-state index contributed by atoms with van der Waals surface area (Å²) in [6, 6.07) is 15.2. The summed E-state index contributed by atoms with van der Waals surface area (Å²) in [6.45, 7) is 12.6. The number of para-hydroxylation sites is 2. The zero-order valence-corrected chi connectivity index (χ0v) is 20.5. The molecule has 1 fully saturated rings. The summed E-state index contributed by atoms with van der Waals surface area (Å²) in [4.78, 5) is 27.0. The first kappa shape index (κ1) is 23.3. The van der Waals surface area contributed by atoms with Crippen molar-refractivity contribution in [2.24, 2.45) is 17.3 Å². The zero-order chi connectivity index (χ0) is 23.9. The number of ether oxygens (including phenoxy) is 2. The Bertz CT molecular complexity index is 1020. The van der Waals surface area contributed by atoms with Gasteiger partial charge in [0.1, 0.15) is 11.5 Å². The molecule has 2 aliphatic rings. The van der Waals surface area contributed by atoms with Gasteiger partial charge in [0.05, 0.1) is 11.1 Å². The molecule has 1 saturated carbocycles. The van der Waals surface area contributed by atoms with Gasteiger partial charge in [-0.3, -0.25) is 0 Å². The monoisotopic (exact) mass is 446 g/mol. The van der Waals surface area contributed by atoms with E-state index in [0.717, 1.165) is 24.0 Å². The van der Waals surface area contributed by atoms with E-state index in [1.807, 2.05) is 48.5 Å². The van der Waals surface area contributed by atoms with Crippen LogP contribution in [0.25, 0.3) is 0 Å². The minimum Gasteiger partial charge on any atom is -0.423 e. The number of fused-ring (bicyclic) bond motifs is 2. The van der Waals surface area contributed by atoms with Crippen molar-refractivity contribution in [2.75, 3.05) is 0 Å². The van der Waals surface area contributed by atoms with Crippen LogP contribution in [0.2, 0.25) is 0 Å². The Balaban J connectivity index is 1.71. The fourth-order valence-electron chi connectivity index (χ4n) is 5.64. The van der Waals surface area contributed by atoms with Gasteiger partial charge in [-0.05, 0) is 65.2 Å². The molecule has 4 rings (SSSR count). The lowest BCUT2D eigenvalue weighted by atomic mass is 9.79. The summed E-state index contributed by atoms with van der Waals surface area (Å²) < 4.78 is 11.8. The summed E-state index contributed by atoms with van der Waals surface area (Å²) >= 11 is 0. The van der Waals surface area contributed by atoms with Crippen LogP contribution in [0.5, 0.6) is 11.5 Å². The summed E-state index contributed by atoms with van der Waals surface area (Å²) in [5.41, 5.74) is 2.77. The van der Waals surface area contributed by atoms with E-state index in [1.165, 1.54) is 0 Å². The molecule has 2 aliphatic carbocycles. The Morgan fingerprint density at radius 2 is 1.09 bits per heavy atom. The number of carbonyl (C=O) groups is 2. The number of rotatable bonds is 6. The van der Waals surface area contributed by atoms with Gasteiger partial charge in [0.15, 0.2) is 0 Å². The minimum absolute atomic E-state index is 0.0101. The molecular weight excluding hydrogens is 412 g/mol. The van der Waals surface area contributed by atoms with Crippen molar-refractivity contribution < 1.29 is 19.1 Å². The van der Waals surface area contributed by atoms with Gasteiger partial charge in [-0.25, -0.2) is 9.59 Å². The Labute approximate surface area is 197 Å². The fourth-order valence-corrected chi connectivity index (χ4v) is 5.64. The molecule has 2 unspecified atom stereocenters. The molecule has 2 bridgehead atoms. The van der Waals surface area contributed by atoms with E-state index in [0.29, 0.717) is 22.6 Å². The smallest absolute Gasteiger partial charge is 0.340 e. The normalized spacial score (nSPS) is 21.1. The van der Waals surface area contributed by atoms with E-state index in [-0.39, 0.29) is 29.1 Å². The van der Waals surface area contributed by atoms with Gasteiger partial charge in [-0.2, -0.15) is 0 Å². The number of carbonyl (C=O) groups excluding carboxylic acids is 2. The number of esters is 2. The van der Waals surface area contributed by atoms with Crippen LogP contribution in [0.3, 0.4) is 0 Å². The Morgan fingerprint density at radius 3 is 1.45 bits per heavy atom. The number of hydrogen-bond donors (Lipinski definition) is 0. The van der Waals surface area contributed by atoms with Gasteiger partial charge in [0.2, 0.25) is 0 Å². The largest absolute Gasteiger partial charge is 0.423 e. The van der Waals surface area contributed by atoms with E-state index in [9.17, 15) is 9.59 Å². The van der Waals surface area contributed by atoms with Gasteiger partial charge < -0.3 is 9.47 Å². The maximum atomic E-state index is 13.5. The molecular formula is C29H34O4. The first-order chi connectivity index (χ1) is 15.6. The van der Waals surface area contributed by atoms with Crippen LogP contribution in [0.15, 0.2) is 59.7 Å². The highest BCUT2D eigenvalue weighted by Crippen LogP contribution is 2.60. The highest BCUT2D eigenvalue weighted by atomic mass is 16.5. The predicted octanol–water partition coefficient (Wildman–Crippen LogP) is 6.81. The average Bonchev–Trinajstić information content (AvgIpc) is 3.19. The lowest BCUT2D eigenvalue weighted by molar-refractivity contribution is -0.133. The maximum Gasteiger partial charge on any atom is 0.340 e. The first-order valence-electron chi connectivity index (χ1n) is 12.0. The Hall–Kier alpha value is -2.88. The summed E-state index contributed by atoms with van der Waals surface area (Å²) in [5, 5.41) is 0. The molecule has 2 aromatic rings. The molecule has 0 aliphatic heterocycles. The van der Waals surface area contributed by atoms with Crippen molar-refractivity contribution in [3.63, 3.8) is 0 Å². The molecule has 0 spiro atoms. The molecule has 0 N–H and O–H groups in total. The average molecular weight is 447 g/mol. The molecule has 33 heavy (non-hydrogen) atoms. The highest BCUT2D eigenvalue weighted by molar-refractivity contribution is 6.04. The molecule has 4 heteroatoms. The van der Waals surface area contributed by atoms with Gasteiger partial charge in [-0.15, -0.1) is 0 Å². The second-order valence-corrected chi connectivity index (χ2v) is 10.5. The van der Waals surface area contributed by atoms with Crippen molar-refractivity contribution in [1.29, 1.82) is 0 Å². The van der Waals surface area contributed by atoms with Crippen molar-refractivity contribution in [1.82, 2.24) is 0 Å². The van der Waals surface area contributed by atoms with Crippen molar-refractivity contribution in [3.8, 4) is 11.5 Å². The van der Waals surface area contributed by atoms with Gasteiger partial charge >= 0.3 is 11.9 Å². The molecule has 4 nitrogen and oxygen atoms in total. The molecule has 0 aromatic heterocycles. The van der Waals surface area contributed by atoms with E-state index in [2.05, 4.69) is 41.5 Å². The standard InChI is InChI=1S/C29H34O4/c1-17(2)19-11-7-9-13-23(19)32-27(30)25-21-15-16-22(29(21,5)6)26(25)28(31)33-24-14-10-8-12-20(24)18(3)4/h7-14,17-18,21-22H,15-16H2,1-6H3. The minimum atomic E-state index is -0.424.